The van der Waals surface area contributed by atoms with Crippen LogP contribution in [0.1, 0.15) is 20.3 Å². The number of aliphatic carboxylic acids is 1. The highest BCUT2D eigenvalue weighted by atomic mass is 16.4. The Kier molecular flexibility index (Phi) is 3.48. The van der Waals surface area contributed by atoms with Gasteiger partial charge in [0.2, 0.25) is 0 Å². The molecule has 1 unspecified atom stereocenters. The molecular weight excluding hydrogens is 130 g/mol. The number of carboxylic acid groups (broad SMARTS) is 1. The zero-order valence-electron chi connectivity index (χ0n) is 6.16. The van der Waals surface area contributed by atoms with Gasteiger partial charge in [-0.2, -0.15) is 0 Å². The second kappa shape index (κ2) is 3.89. The Balaban J connectivity index is 4.10. The average molecular weight is 141 g/mol. The molecule has 0 saturated heterocycles. The predicted molar refractivity (Wildman–Crippen MR) is 37.5 cm³/mol. The maximum atomic E-state index is 10.3. The summed E-state index contributed by atoms with van der Waals surface area (Å²) in [5, 5.41) is 8.46. The van der Waals surface area contributed by atoms with E-state index in [2.05, 4.69) is 4.85 Å². The smallest absolute Gasteiger partial charge is 0.388 e. The minimum atomic E-state index is -1.01. The minimum Gasteiger partial charge on any atom is -0.476 e. The molecule has 0 spiro atoms. The molecule has 0 aliphatic heterocycles. The van der Waals surface area contributed by atoms with Gasteiger partial charge in [0.25, 0.3) is 0 Å². The second-order valence-corrected chi connectivity index (χ2v) is 2.30. The van der Waals surface area contributed by atoms with Crippen molar-refractivity contribution in [1.82, 2.24) is 0 Å². The molecule has 0 bridgehead atoms. The molecule has 56 valence electrons. The number of rotatable bonds is 3. The molecule has 3 heteroatoms. The van der Waals surface area contributed by atoms with Gasteiger partial charge in [-0.25, -0.2) is 11.4 Å². The summed E-state index contributed by atoms with van der Waals surface area (Å²) in [5.74, 6) is -1.06. The molecule has 0 aromatic heterocycles. The molecule has 0 saturated carbocycles. The average Bonchev–Trinajstić information content (AvgIpc) is 1.88. The molecule has 0 amide bonds. The van der Waals surface area contributed by atoms with Gasteiger partial charge in [-0.1, -0.05) is 13.8 Å². The first-order valence-corrected chi connectivity index (χ1v) is 3.22. The molecular formula is C7H11NO2. The minimum absolute atomic E-state index is 0.0463. The lowest BCUT2D eigenvalue weighted by Crippen LogP contribution is -2.23. The van der Waals surface area contributed by atoms with E-state index in [1.807, 2.05) is 6.92 Å². The Hall–Kier alpha value is -1.04. The van der Waals surface area contributed by atoms with Crippen LogP contribution in [0.25, 0.3) is 4.85 Å². The fourth-order valence-corrected chi connectivity index (χ4v) is 0.649. The molecule has 3 nitrogen and oxygen atoms in total. The molecule has 1 N–H and O–H groups in total. The molecule has 0 aromatic rings. The summed E-state index contributed by atoms with van der Waals surface area (Å²) in [7, 11) is 0. The topological polar surface area (TPSA) is 41.7 Å². The Morgan fingerprint density at radius 2 is 2.30 bits per heavy atom. The highest BCUT2D eigenvalue weighted by Gasteiger charge is 2.28. The first kappa shape index (κ1) is 8.96. The maximum Gasteiger partial charge on any atom is 0.388 e. The van der Waals surface area contributed by atoms with Gasteiger partial charge in [0.05, 0.1) is 0 Å². The number of nitrogens with zero attached hydrogens (tertiary/aromatic N) is 1. The van der Waals surface area contributed by atoms with Crippen LogP contribution in [0.2, 0.25) is 0 Å². The van der Waals surface area contributed by atoms with E-state index in [-0.39, 0.29) is 5.92 Å². The highest BCUT2D eigenvalue weighted by Crippen LogP contribution is 2.10. The van der Waals surface area contributed by atoms with Crippen LogP contribution < -0.4 is 0 Å². The van der Waals surface area contributed by atoms with Gasteiger partial charge in [0, 0.05) is 5.92 Å². The quantitative estimate of drug-likeness (QED) is 0.603. The third kappa shape index (κ3) is 2.06. The van der Waals surface area contributed by atoms with Crippen molar-refractivity contribution in [2.45, 2.75) is 26.3 Å². The van der Waals surface area contributed by atoms with Crippen molar-refractivity contribution in [3.63, 3.8) is 0 Å². The largest absolute Gasteiger partial charge is 0.476 e. The Morgan fingerprint density at radius 1 is 1.80 bits per heavy atom. The third-order valence-corrected chi connectivity index (χ3v) is 1.58. The van der Waals surface area contributed by atoms with Gasteiger partial charge >= 0.3 is 12.0 Å². The number of carboxylic acids is 1. The first-order chi connectivity index (χ1) is 4.63. The van der Waals surface area contributed by atoms with E-state index in [1.165, 1.54) is 0 Å². The van der Waals surface area contributed by atoms with Crippen LogP contribution >= 0.6 is 0 Å². The van der Waals surface area contributed by atoms with Gasteiger partial charge < -0.3 is 9.95 Å². The highest BCUT2D eigenvalue weighted by molar-refractivity contribution is 5.75. The van der Waals surface area contributed by atoms with Gasteiger partial charge in [-0.3, -0.25) is 0 Å². The van der Waals surface area contributed by atoms with Crippen LogP contribution in [0.5, 0.6) is 0 Å². The van der Waals surface area contributed by atoms with E-state index in [1.54, 1.807) is 6.92 Å². The van der Waals surface area contributed by atoms with Gasteiger partial charge in [-0.05, 0) is 6.42 Å². The normalized spacial score (nSPS) is 15.3. The van der Waals surface area contributed by atoms with E-state index >= 15 is 0 Å². The molecule has 0 radical (unpaired) electrons. The summed E-state index contributed by atoms with van der Waals surface area (Å²) < 4.78 is 0. The van der Waals surface area contributed by atoms with Crippen molar-refractivity contribution in [3.05, 3.63) is 11.4 Å². The molecule has 0 aliphatic rings. The van der Waals surface area contributed by atoms with Crippen LogP contribution in [0.4, 0.5) is 0 Å². The SMILES string of the molecule is [C-]#[N+][C@H](C(=O)O)C(C)CC. The van der Waals surface area contributed by atoms with Gasteiger partial charge in [0.1, 0.15) is 0 Å². The summed E-state index contributed by atoms with van der Waals surface area (Å²) in [6.45, 7) is 10.2. The summed E-state index contributed by atoms with van der Waals surface area (Å²) >= 11 is 0. The van der Waals surface area contributed by atoms with Crippen molar-refractivity contribution >= 4 is 5.97 Å². The Bertz CT molecular complexity index is 159. The Labute approximate surface area is 60.5 Å². The maximum absolute atomic E-state index is 10.3. The molecule has 10 heavy (non-hydrogen) atoms. The van der Waals surface area contributed by atoms with Crippen LogP contribution in [-0.2, 0) is 4.79 Å². The van der Waals surface area contributed by atoms with Crippen molar-refractivity contribution in [1.29, 1.82) is 0 Å². The monoisotopic (exact) mass is 141 g/mol. The van der Waals surface area contributed by atoms with Gasteiger partial charge in [-0.15, -0.1) is 0 Å². The molecule has 0 aromatic carbocycles. The summed E-state index contributed by atoms with van der Waals surface area (Å²) in [4.78, 5) is 13.3. The fourth-order valence-electron chi connectivity index (χ4n) is 0.649. The molecule has 2 atom stereocenters. The van der Waals surface area contributed by atoms with Gasteiger partial charge in [0.15, 0.2) is 0 Å². The van der Waals surface area contributed by atoms with E-state index in [0.29, 0.717) is 0 Å². The fraction of sp³-hybridized carbons (Fsp3) is 0.714. The van der Waals surface area contributed by atoms with E-state index < -0.39 is 12.0 Å². The molecule has 0 aliphatic carbocycles. The standard InChI is InChI=1S/C7H11NO2/c1-4-5(2)6(8-3)7(9)10/h5-6H,4H2,1-2H3,(H,9,10)/t5?,6-/m0/s1. The predicted octanol–water partition coefficient (Wildman–Crippen LogP) is 1.40. The lowest BCUT2D eigenvalue weighted by atomic mass is 10.0. The Morgan fingerprint density at radius 3 is 2.40 bits per heavy atom. The lowest BCUT2D eigenvalue weighted by Gasteiger charge is -2.05. The number of hydrogen-bond donors (Lipinski definition) is 1. The van der Waals surface area contributed by atoms with Crippen LogP contribution in [0.3, 0.4) is 0 Å². The van der Waals surface area contributed by atoms with Crippen molar-refractivity contribution in [3.8, 4) is 0 Å². The van der Waals surface area contributed by atoms with E-state index in [4.69, 9.17) is 11.7 Å². The van der Waals surface area contributed by atoms with Crippen molar-refractivity contribution in [2.24, 2.45) is 5.92 Å². The second-order valence-electron chi connectivity index (χ2n) is 2.30. The zero-order chi connectivity index (χ0) is 8.15. The zero-order valence-corrected chi connectivity index (χ0v) is 6.16. The molecule has 0 rings (SSSR count). The van der Waals surface area contributed by atoms with E-state index in [0.717, 1.165) is 6.42 Å². The number of hydrogen-bond acceptors (Lipinski definition) is 1. The van der Waals surface area contributed by atoms with Crippen LogP contribution in [0, 0.1) is 12.5 Å². The molecule has 0 heterocycles. The third-order valence-electron chi connectivity index (χ3n) is 1.58. The van der Waals surface area contributed by atoms with Crippen molar-refractivity contribution < 1.29 is 9.90 Å². The summed E-state index contributed by atoms with van der Waals surface area (Å²) in [6.07, 6.45) is 0.735. The first-order valence-electron chi connectivity index (χ1n) is 3.22. The lowest BCUT2D eigenvalue weighted by molar-refractivity contribution is -0.138. The van der Waals surface area contributed by atoms with Crippen LogP contribution in [0.15, 0.2) is 0 Å². The van der Waals surface area contributed by atoms with Crippen LogP contribution in [-0.4, -0.2) is 17.1 Å². The van der Waals surface area contributed by atoms with E-state index in [9.17, 15) is 4.79 Å². The summed E-state index contributed by atoms with van der Waals surface area (Å²) in [6, 6.07) is -0.856. The van der Waals surface area contributed by atoms with Crippen molar-refractivity contribution in [2.75, 3.05) is 0 Å². The molecule has 0 fully saturated rings. The summed E-state index contributed by atoms with van der Waals surface area (Å²) in [5.41, 5.74) is 0. The number of carbonyl (C=O) groups is 1.